The fourth-order valence-corrected chi connectivity index (χ4v) is 7.93. The largest absolute Gasteiger partial charge is 0.402 e. The third-order valence-electron chi connectivity index (χ3n) is 10.6. The average Bonchev–Trinajstić information content (AvgIpc) is 3.48. The van der Waals surface area contributed by atoms with Crippen LogP contribution >= 0.6 is 11.6 Å². The Hall–Kier alpha value is -3.42. The van der Waals surface area contributed by atoms with Gasteiger partial charge in [-0.15, -0.1) is 0 Å². The van der Waals surface area contributed by atoms with Crippen molar-refractivity contribution in [3.63, 3.8) is 0 Å². The lowest BCUT2D eigenvalue weighted by atomic mass is 9.77. The van der Waals surface area contributed by atoms with E-state index in [2.05, 4.69) is 67.4 Å². The summed E-state index contributed by atoms with van der Waals surface area (Å²) in [6.07, 6.45) is 19.1. The first-order valence-corrected chi connectivity index (χ1v) is 19.1. The van der Waals surface area contributed by atoms with Crippen LogP contribution < -0.4 is 11.1 Å². The van der Waals surface area contributed by atoms with Crippen molar-refractivity contribution in [1.82, 2.24) is 10.2 Å². The Labute approximate surface area is 304 Å². The van der Waals surface area contributed by atoms with Crippen LogP contribution in [0.2, 0.25) is 5.02 Å². The topological polar surface area (TPSA) is 88.3 Å². The summed E-state index contributed by atoms with van der Waals surface area (Å²) >= 11 is 7.14. The van der Waals surface area contributed by atoms with Gasteiger partial charge in [0.15, 0.2) is 0 Å². The molecule has 2 aliphatic carbocycles. The molecular formula is C42H57ClFN5O. The molecular weight excluding hydrogens is 645 g/mol. The van der Waals surface area contributed by atoms with Gasteiger partial charge in [0.2, 0.25) is 0 Å². The molecule has 0 fully saturated rings. The minimum absolute atomic E-state index is 0.0114. The lowest BCUT2D eigenvalue weighted by Crippen LogP contribution is -2.14. The van der Waals surface area contributed by atoms with Crippen LogP contribution in [0.4, 0.5) is 10.1 Å². The van der Waals surface area contributed by atoms with Gasteiger partial charge in [-0.1, -0.05) is 37.1 Å². The Balaban J connectivity index is 1.54. The number of allylic oxidation sites excluding steroid dienone is 10. The maximum Gasteiger partial charge on any atom is 0.101 e. The summed E-state index contributed by atoms with van der Waals surface area (Å²) in [4.78, 5) is 4.63. The molecule has 0 saturated carbocycles. The molecule has 5 rings (SSSR count). The Morgan fingerprint density at radius 2 is 1.96 bits per heavy atom. The van der Waals surface area contributed by atoms with Crippen LogP contribution in [-0.2, 0) is 4.74 Å². The predicted molar refractivity (Wildman–Crippen MR) is 210 cm³/mol. The fourth-order valence-electron chi connectivity index (χ4n) is 7.67. The fraction of sp³-hybridized carbons (Fsp3) is 0.524. The first kappa shape index (κ1) is 37.8. The van der Waals surface area contributed by atoms with Crippen molar-refractivity contribution in [3.8, 4) is 11.1 Å². The number of fused-ring (bicyclic) bond motifs is 6. The van der Waals surface area contributed by atoms with Crippen molar-refractivity contribution in [2.24, 2.45) is 16.6 Å². The summed E-state index contributed by atoms with van der Waals surface area (Å²) in [5.41, 5.74) is 19.8. The van der Waals surface area contributed by atoms with Crippen molar-refractivity contribution in [2.45, 2.75) is 111 Å². The number of nitrogens with one attached hydrogen (secondary N) is 2. The van der Waals surface area contributed by atoms with E-state index < -0.39 is 0 Å². The molecule has 4 bridgehead atoms. The van der Waals surface area contributed by atoms with E-state index in [0.29, 0.717) is 37.0 Å². The van der Waals surface area contributed by atoms with Crippen LogP contribution in [0.5, 0.6) is 0 Å². The van der Waals surface area contributed by atoms with E-state index in [1.807, 2.05) is 19.2 Å². The molecule has 0 radical (unpaired) electrons. The number of ether oxygens (including phenoxy) is 1. The van der Waals surface area contributed by atoms with E-state index in [1.165, 1.54) is 16.7 Å². The second-order valence-electron chi connectivity index (χ2n) is 14.2. The minimum Gasteiger partial charge on any atom is -0.402 e. The summed E-state index contributed by atoms with van der Waals surface area (Å²) in [5, 5.41) is 12.7. The third kappa shape index (κ3) is 9.27. The molecule has 3 aliphatic rings. The summed E-state index contributed by atoms with van der Waals surface area (Å²) < 4.78 is 20.7. The molecule has 0 spiro atoms. The number of aryl methyl sites for hydroxylation is 1. The Bertz CT molecular complexity index is 1690. The van der Waals surface area contributed by atoms with Crippen LogP contribution in [0.25, 0.3) is 16.7 Å². The van der Waals surface area contributed by atoms with Gasteiger partial charge in [0.25, 0.3) is 0 Å². The minimum atomic E-state index is 0.0114. The van der Waals surface area contributed by atoms with Crippen LogP contribution in [0.1, 0.15) is 121 Å². The van der Waals surface area contributed by atoms with Gasteiger partial charge in [0.1, 0.15) is 5.83 Å². The molecule has 2 heterocycles. The Morgan fingerprint density at radius 1 is 1.12 bits per heavy atom. The molecule has 1 aromatic heterocycles. The smallest absolute Gasteiger partial charge is 0.101 e. The van der Waals surface area contributed by atoms with Gasteiger partial charge < -0.3 is 15.8 Å². The van der Waals surface area contributed by atoms with Crippen LogP contribution in [0, 0.1) is 12.8 Å². The first-order chi connectivity index (χ1) is 24.2. The standard InChI is InChI=1S/C42H57ClFN5O/c1-6-8-21-50-26-31-13-15-34(45)25-35(46-5)16-12-29-22-30(36-17-14-33(44)24-32(36)23-29)11-9-10-20-47-38-19-18-37(43)41(39(38)27(3)7-2)40-28(4)48-49-42(31)40/h7,18-19,22,24-25,29,31,47H,6,8-17,20-21,23,26,45H2,1-5H3,(H,48,49)/b27-7+,34-25?,46-35?. The molecule has 6 nitrogen and oxygen atoms in total. The number of unbranched alkanes of at least 4 members (excludes halogenated alkanes) is 1. The number of benzene rings is 1. The highest BCUT2D eigenvalue weighted by Gasteiger charge is 2.28. The van der Waals surface area contributed by atoms with Crippen molar-refractivity contribution in [3.05, 3.63) is 86.7 Å². The van der Waals surface area contributed by atoms with Gasteiger partial charge in [-0.2, -0.15) is 5.10 Å². The summed E-state index contributed by atoms with van der Waals surface area (Å²) in [6.45, 7) is 10.6. The maximum absolute atomic E-state index is 14.5. The number of aromatic nitrogens is 2. The second-order valence-corrected chi connectivity index (χ2v) is 14.6. The lowest BCUT2D eigenvalue weighted by Gasteiger charge is -2.28. The van der Waals surface area contributed by atoms with Crippen LogP contribution in [-0.4, -0.2) is 42.7 Å². The summed E-state index contributed by atoms with van der Waals surface area (Å²) in [6, 6.07) is 4.11. The van der Waals surface area contributed by atoms with E-state index in [9.17, 15) is 4.39 Å². The molecule has 2 atom stereocenters. The van der Waals surface area contributed by atoms with E-state index in [1.54, 1.807) is 0 Å². The zero-order valence-electron chi connectivity index (χ0n) is 30.9. The number of halogens is 2. The van der Waals surface area contributed by atoms with E-state index in [-0.39, 0.29) is 11.7 Å². The van der Waals surface area contributed by atoms with E-state index in [0.717, 1.165) is 122 Å². The van der Waals surface area contributed by atoms with Crippen molar-refractivity contribution >= 4 is 28.6 Å². The number of H-pyrrole nitrogens is 1. The molecule has 50 heavy (non-hydrogen) atoms. The highest BCUT2D eigenvalue weighted by molar-refractivity contribution is 6.34. The number of rotatable bonds is 6. The molecule has 1 aliphatic heterocycles. The lowest BCUT2D eigenvalue weighted by molar-refractivity contribution is 0.114. The van der Waals surface area contributed by atoms with E-state index >= 15 is 0 Å². The van der Waals surface area contributed by atoms with Gasteiger partial charge >= 0.3 is 0 Å². The number of aliphatic imine (C=N–C) groups is 1. The summed E-state index contributed by atoms with van der Waals surface area (Å²) in [5.74, 6) is 0.380. The zero-order valence-corrected chi connectivity index (χ0v) is 31.6. The highest BCUT2D eigenvalue weighted by Crippen LogP contribution is 2.45. The predicted octanol–water partition coefficient (Wildman–Crippen LogP) is 11.3. The number of nitrogens with zero attached hydrogens (tertiary/aromatic N) is 2. The van der Waals surface area contributed by atoms with Gasteiger partial charge in [0.05, 0.1) is 12.3 Å². The molecule has 0 amide bonds. The number of anilines is 1. The first-order valence-electron chi connectivity index (χ1n) is 18.8. The maximum atomic E-state index is 14.5. The van der Waals surface area contributed by atoms with Crippen molar-refractivity contribution < 1.29 is 9.13 Å². The quantitative estimate of drug-likeness (QED) is 0.262. The van der Waals surface area contributed by atoms with Crippen LogP contribution in [0.15, 0.2) is 69.7 Å². The molecule has 8 heteroatoms. The number of nitrogens with two attached hydrogens (primary N) is 1. The molecule has 2 unspecified atom stereocenters. The monoisotopic (exact) mass is 701 g/mol. The van der Waals surface area contributed by atoms with Crippen molar-refractivity contribution in [2.75, 3.05) is 32.1 Å². The average molecular weight is 702 g/mol. The second kappa shape index (κ2) is 18.2. The van der Waals surface area contributed by atoms with Crippen LogP contribution in [0.3, 0.4) is 0 Å². The zero-order chi connectivity index (χ0) is 35.6. The molecule has 270 valence electrons. The Kier molecular flexibility index (Phi) is 13.8. The van der Waals surface area contributed by atoms with Gasteiger partial charge in [-0.05, 0) is 137 Å². The SMILES string of the molecule is C/C=C(\C)c1c2ccc(Cl)c1-c1c(n[nH]c1C)C(COCCCC)CCC(N)=CC(=NC)CCC1C=C(CCCCN2)C2=C(C=C(F)CC2)C1. The summed E-state index contributed by atoms with van der Waals surface area (Å²) in [7, 11) is 1.85. The number of hydrogen-bond acceptors (Lipinski definition) is 5. The highest BCUT2D eigenvalue weighted by atomic mass is 35.5. The van der Waals surface area contributed by atoms with Gasteiger partial charge in [-0.25, -0.2) is 4.39 Å². The van der Waals surface area contributed by atoms with Gasteiger partial charge in [0, 0.05) is 77.0 Å². The molecule has 0 saturated heterocycles. The normalized spacial score (nSPS) is 22.1. The molecule has 2 aromatic rings. The Morgan fingerprint density at radius 3 is 2.74 bits per heavy atom. The van der Waals surface area contributed by atoms with Crippen molar-refractivity contribution in [1.29, 1.82) is 0 Å². The number of hydrogen-bond donors (Lipinski definition) is 3. The van der Waals surface area contributed by atoms with E-state index in [4.69, 9.17) is 27.2 Å². The molecule has 1 aromatic carbocycles. The van der Waals surface area contributed by atoms with Gasteiger partial charge in [-0.3, -0.25) is 10.1 Å². The number of aromatic amines is 1. The third-order valence-corrected chi connectivity index (χ3v) is 10.9. The molecule has 4 N–H and O–H groups in total.